The maximum Gasteiger partial charge on any atom is 0.213 e. The standard InChI is InChI=1S/2C10H20N2O3S/c2*1-2-3-4-10(16(11,13)14)9-12-5-7-15-8-6-12/h2*2,10H,1,3-9H2,(H2,11,13,14)/t2*10-/m10/s1. The van der Waals surface area contributed by atoms with E-state index in [-0.39, 0.29) is 0 Å². The van der Waals surface area contributed by atoms with E-state index in [1.54, 1.807) is 12.2 Å². The molecule has 0 aromatic heterocycles. The first-order valence-electron chi connectivity index (χ1n) is 10.9. The molecule has 32 heavy (non-hydrogen) atoms. The minimum atomic E-state index is -3.47. The van der Waals surface area contributed by atoms with Crippen LogP contribution in [0.15, 0.2) is 25.3 Å². The van der Waals surface area contributed by atoms with Gasteiger partial charge in [-0.25, -0.2) is 27.1 Å². The van der Waals surface area contributed by atoms with E-state index in [9.17, 15) is 16.8 Å². The summed E-state index contributed by atoms with van der Waals surface area (Å²) in [6.07, 6.45) is 5.87. The van der Waals surface area contributed by atoms with E-state index < -0.39 is 30.5 Å². The Labute approximate surface area is 193 Å². The zero-order valence-electron chi connectivity index (χ0n) is 18.9. The third-order valence-corrected chi connectivity index (χ3v) is 8.07. The molecule has 2 atom stereocenters. The second kappa shape index (κ2) is 15.1. The van der Waals surface area contributed by atoms with Crippen molar-refractivity contribution in [2.24, 2.45) is 10.3 Å². The van der Waals surface area contributed by atoms with Crippen molar-refractivity contribution in [1.82, 2.24) is 9.80 Å². The van der Waals surface area contributed by atoms with Gasteiger partial charge in [0.15, 0.2) is 0 Å². The molecule has 0 saturated carbocycles. The first-order chi connectivity index (χ1) is 15.1. The molecule has 0 aromatic rings. The summed E-state index contributed by atoms with van der Waals surface area (Å²) >= 11 is 0. The third-order valence-electron chi connectivity index (χ3n) is 5.45. The molecular formula is C20H40N4O6S2. The first-order valence-corrected chi connectivity index (χ1v) is 14.1. The van der Waals surface area contributed by atoms with E-state index in [1.807, 2.05) is 0 Å². The van der Waals surface area contributed by atoms with Crippen LogP contribution in [-0.2, 0) is 29.5 Å². The number of allylic oxidation sites excluding steroid dienone is 2. The van der Waals surface area contributed by atoms with Crippen molar-refractivity contribution in [3.63, 3.8) is 0 Å². The summed E-state index contributed by atoms with van der Waals surface area (Å²) in [6.45, 7) is 14.0. The van der Waals surface area contributed by atoms with Crippen LogP contribution >= 0.6 is 0 Å². The van der Waals surface area contributed by atoms with E-state index in [1.165, 1.54) is 0 Å². The van der Waals surface area contributed by atoms with Crippen molar-refractivity contribution in [2.75, 3.05) is 65.7 Å². The fourth-order valence-electron chi connectivity index (χ4n) is 3.47. The van der Waals surface area contributed by atoms with Gasteiger partial charge < -0.3 is 9.47 Å². The van der Waals surface area contributed by atoms with Crippen molar-refractivity contribution in [2.45, 2.75) is 36.2 Å². The van der Waals surface area contributed by atoms with Crippen molar-refractivity contribution in [1.29, 1.82) is 0 Å². The van der Waals surface area contributed by atoms with Crippen LogP contribution < -0.4 is 10.3 Å². The third kappa shape index (κ3) is 12.4. The van der Waals surface area contributed by atoms with Gasteiger partial charge in [0.1, 0.15) is 0 Å². The highest BCUT2D eigenvalue weighted by Gasteiger charge is 2.25. The normalized spacial score (nSPS) is 20.6. The Hall–Kier alpha value is -0.860. The van der Waals surface area contributed by atoms with Crippen LogP contribution in [0.4, 0.5) is 0 Å². The molecule has 2 aliphatic rings. The zero-order valence-corrected chi connectivity index (χ0v) is 20.6. The quantitative estimate of drug-likeness (QED) is 0.356. The lowest BCUT2D eigenvalue weighted by Crippen LogP contribution is -2.44. The van der Waals surface area contributed by atoms with Gasteiger partial charge in [0.05, 0.1) is 36.9 Å². The predicted molar refractivity (Wildman–Crippen MR) is 127 cm³/mol. The molecule has 2 heterocycles. The average molecular weight is 497 g/mol. The highest BCUT2D eigenvalue weighted by molar-refractivity contribution is 7.90. The Bertz CT molecular complexity index is 684. The Balaban J connectivity index is 0.000000320. The van der Waals surface area contributed by atoms with Crippen LogP contribution in [0.3, 0.4) is 0 Å². The molecule has 2 rings (SSSR count). The molecule has 0 aromatic carbocycles. The molecule has 2 fully saturated rings. The average Bonchev–Trinajstić information content (AvgIpc) is 2.74. The monoisotopic (exact) mass is 496 g/mol. The lowest BCUT2D eigenvalue weighted by Gasteiger charge is -2.29. The molecule has 2 aliphatic heterocycles. The first kappa shape index (κ1) is 29.2. The molecule has 0 bridgehead atoms. The van der Waals surface area contributed by atoms with Gasteiger partial charge in [-0.05, 0) is 25.7 Å². The molecule has 0 radical (unpaired) electrons. The fourth-order valence-corrected chi connectivity index (χ4v) is 5.24. The zero-order chi connectivity index (χ0) is 24.0. The summed E-state index contributed by atoms with van der Waals surface area (Å²) in [4.78, 5) is 4.17. The number of nitrogens with two attached hydrogens (primary N) is 2. The highest BCUT2D eigenvalue weighted by atomic mass is 32.2. The van der Waals surface area contributed by atoms with Gasteiger partial charge in [-0.15, -0.1) is 13.2 Å². The summed E-state index contributed by atoms with van der Waals surface area (Å²) in [7, 11) is -6.93. The number of hydrogen-bond acceptors (Lipinski definition) is 8. The molecule has 12 heteroatoms. The van der Waals surface area contributed by atoms with Crippen LogP contribution in [0.2, 0.25) is 0 Å². The molecule has 2 saturated heterocycles. The van der Waals surface area contributed by atoms with Gasteiger partial charge >= 0.3 is 0 Å². The lowest BCUT2D eigenvalue weighted by molar-refractivity contribution is 0.0376. The van der Waals surface area contributed by atoms with Gasteiger partial charge in [-0.2, -0.15) is 0 Å². The summed E-state index contributed by atoms with van der Waals surface area (Å²) in [5.41, 5.74) is 0. The maximum absolute atomic E-state index is 11.4. The van der Waals surface area contributed by atoms with Crippen molar-refractivity contribution >= 4 is 20.0 Å². The van der Waals surface area contributed by atoms with Gasteiger partial charge in [-0.1, -0.05) is 12.2 Å². The number of morpholine rings is 2. The van der Waals surface area contributed by atoms with Crippen molar-refractivity contribution in [3.8, 4) is 0 Å². The second-order valence-electron chi connectivity index (χ2n) is 7.98. The summed E-state index contributed by atoms with van der Waals surface area (Å²) in [5, 5.41) is 9.44. The minimum Gasteiger partial charge on any atom is -0.379 e. The van der Waals surface area contributed by atoms with Crippen LogP contribution in [0, 0.1) is 0 Å². The largest absolute Gasteiger partial charge is 0.379 e. The van der Waals surface area contributed by atoms with E-state index in [2.05, 4.69) is 23.0 Å². The number of ether oxygens (including phenoxy) is 2. The number of primary sulfonamides is 2. The van der Waals surface area contributed by atoms with Crippen LogP contribution in [0.25, 0.3) is 0 Å². The van der Waals surface area contributed by atoms with Crippen LogP contribution in [0.5, 0.6) is 0 Å². The predicted octanol–water partition coefficient (Wildman–Crippen LogP) is -0.116. The SMILES string of the molecule is C=CCC[C@@H](CN1CCOCC1)S(N)(=O)=O.C=CCC[C@H](CN1CCOCC1)S(N)(=O)=O. The number of nitrogens with zero attached hydrogens (tertiary/aromatic N) is 2. The fraction of sp³-hybridized carbons (Fsp3) is 0.800. The van der Waals surface area contributed by atoms with E-state index in [0.717, 1.165) is 26.2 Å². The smallest absolute Gasteiger partial charge is 0.213 e. The molecular weight excluding hydrogens is 456 g/mol. The Morgan fingerprint density at radius 2 is 1.03 bits per heavy atom. The van der Waals surface area contributed by atoms with E-state index >= 15 is 0 Å². The molecule has 188 valence electrons. The molecule has 10 nitrogen and oxygen atoms in total. The highest BCUT2D eigenvalue weighted by Crippen LogP contribution is 2.11. The van der Waals surface area contributed by atoms with Gasteiger partial charge in [-0.3, -0.25) is 9.80 Å². The van der Waals surface area contributed by atoms with Crippen LogP contribution in [0.1, 0.15) is 25.7 Å². The van der Waals surface area contributed by atoms with Crippen LogP contribution in [-0.4, -0.2) is 103 Å². The Morgan fingerprint density at radius 3 is 1.28 bits per heavy atom. The molecule has 0 amide bonds. The van der Waals surface area contributed by atoms with E-state index in [4.69, 9.17) is 19.8 Å². The Morgan fingerprint density at radius 1 is 0.719 bits per heavy atom. The maximum atomic E-state index is 11.4. The molecule has 4 N–H and O–H groups in total. The number of hydrogen-bond donors (Lipinski definition) is 2. The summed E-state index contributed by atoms with van der Waals surface area (Å²) in [5.74, 6) is 0. The lowest BCUT2D eigenvalue weighted by atomic mass is 10.2. The van der Waals surface area contributed by atoms with Crippen molar-refractivity contribution < 1.29 is 26.3 Å². The van der Waals surface area contributed by atoms with Gasteiger partial charge in [0.25, 0.3) is 0 Å². The van der Waals surface area contributed by atoms with Gasteiger partial charge in [0, 0.05) is 39.3 Å². The van der Waals surface area contributed by atoms with Crippen molar-refractivity contribution in [3.05, 3.63) is 25.3 Å². The summed E-state index contributed by atoms with van der Waals surface area (Å²) < 4.78 is 56.0. The van der Waals surface area contributed by atoms with E-state index in [0.29, 0.717) is 65.2 Å². The molecule has 0 spiro atoms. The molecule has 0 aliphatic carbocycles. The number of rotatable bonds is 12. The topological polar surface area (TPSA) is 145 Å². The number of sulfonamides is 2. The minimum absolute atomic E-state index is 0.496. The summed E-state index contributed by atoms with van der Waals surface area (Å²) in [6, 6.07) is 0. The molecule has 0 unspecified atom stereocenters. The Kier molecular flexibility index (Phi) is 13.8. The van der Waals surface area contributed by atoms with Gasteiger partial charge in [0.2, 0.25) is 20.0 Å². The second-order valence-corrected chi connectivity index (χ2v) is 11.7.